The summed E-state index contributed by atoms with van der Waals surface area (Å²) < 4.78 is 5.23. The molecule has 3 heterocycles. The monoisotopic (exact) mass is 360 g/mol. The van der Waals surface area contributed by atoms with E-state index in [9.17, 15) is 4.79 Å². The first-order valence-electron chi connectivity index (χ1n) is 8.40. The standard InChI is InChI=1S/C16H20N6O2S/c1-25-8-13-20-14(24-21-13)6-17-15-11-4-5-22(16(23)10-2-3-10)7-12(11)18-9-19-15/h9-10H,2-8H2,1H3,(H,17,18,19). The third kappa shape index (κ3) is 3.60. The smallest absolute Gasteiger partial charge is 0.246 e. The predicted molar refractivity (Wildman–Crippen MR) is 92.7 cm³/mol. The van der Waals surface area contributed by atoms with Gasteiger partial charge in [0.05, 0.1) is 24.5 Å². The van der Waals surface area contributed by atoms with Gasteiger partial charge in [0.1, 0.15) is 12.1 Å². The number of hydrogen-bond donors (Lipinski definition) is 1. The molecule has 1 fully saturated rings. The third-order valence-corrected chi connectivity index (χ3v) is 4.98. The number of carbonyl (C=O) groups excluding carboxylic acids is 1. The zero-order valence-electron chi connectivity index (χ0n) is 14.1. The van der Waals surface area contributed by atoms with Crippen molar-refractivity contribution in [2.24, 2.45) is 5.92 Å². The molecule has 1 N–H and O–H groups in total. The molecule has 1 aliphatic carbocycles. The van der Waals surface area contributed by atoms with E-state index in [2.05, 4.69) is 25.4 Å². The molecule has 9 heteroatoms. The van der Waals surface area contributed by atoms with E-state index in [1.54, 1.807) is 18.1 Å². The van der Waals surface area contributed by atoms with E-state index < -0.39 is 0 Å². The van der Waals surface area contributed by atoms with Crippen molar-refractivity contribution in [3.63, 3.8) is 0 Å². The predicted octanol–water partition coefficient (Wildman–Crippen LogP) is 1.63. The number of fused-ring (bicyclic) bond motifs is 1. The van der Waals surface area contributed by atoms with Gasteiger partial charge in [0.2, 0.25) is 11.8 Å². The molecular weight excluding hydrogens is 340 g/mol. The Labute approximate surface area is 149 Å². The Morgan fingerprint density at radius 3 is 3.12 bits per heavy atom. The Morgan fingerprint density at radius 1 is 1.44 bits per heavy atom. The number of aromatic nitrogens is 4. The number of nitrogens with one attached hydrogen (secondary N) is 1. The number of nitrogens with zero attached hydrogens (tertiary/aromatic N) is 5. The van der Waals surface area contributed by atoms with Gasteiger partial charge in [0.25, 0.3) is 0 Å². The molecule has 1 aliphatic heterocycles. The summed E-state index contributed by atoms with van der Waals surface area (Å²) in [6.45, 7) is 1.72. The highest BCUT2D eigenvalue weighted by molar-refractivity contribution is 7.97. The van der Waals surface area contributed by atoms with Gasteiger partial charge in [0.15, 0.2) is 5.82 Å². The third-order valence-electron chi connectivity index (χ3n) is 4.44. The summed E-state index contributed by atoms with van der Waals surface area (Å²) >= 11 is 1.65. The Balaban J connectivity index is 1.43. The van der Waals surface area contributed by atoms with E-state index in [-0.39, 0.29) is 11.8 Å². The molecule has 0 saturated heterocycles. The van der Waals surface area contributed by atoms with Crippen molar-refractivity contribution in [3.05, 3.63) is 29.3 Å². The van der Waals surface area contributed by atoms with Crippen LogP contribution in [0, 0.1) is 5.92 Å². The van der Waals surface area contributed by atoms with Crippen LogP contribution in [0.1, 0.15) is 35.8 Å². The molecule has 4 rings (SSSR count). The van der Waals surface area contributed by atoms with Crippen LogP contribution in [0.2, 0.25) is 0 Å². The van der Waals surface area contributed by atoms with Crippen LogP contribution in [-0.4, -0.2) is 43.7 Å². The summed E-state index contributed by atoms with van der Waals surface area (Å²) in [5.41, 5.74) is 2.00. The second-order valence-electron chi connectivity index (χ2n) is 6.32. The first kappa shape index (κ1) is 16.3. The fraction of sp³-hybridized carbons (Fsp3) is 0.562. The van der Waals surface area contributed by atoms with Gasteiger partial charge in [-0.1, -0.05) is 5.16 Å². The molecule has 132 valence electrons. The van der Waals surface area contributed by atoms with E-state index in [1.807, 2.05) is 11.2 Å². The van der Waals surface area contributed by atoms with Gasteiger partial charge in [-0.2, -0.15) is 16.7 Å². The van der Waals surface area contributed by atoms with Gasteiger partial charge in [-0.3, -0.25) is 4.79 Å². The van der Waals surface area contributed by atoms with E-state index in [0.29, 0.717) is 24.8 Å². The van der Waals surface area contributed by atoms with Gasteiger partial charge in [-0.15, -0.1) is 0 Å². The fourth-order valence-electron chi connectivity index (χ4n) is 2.99. The van der Waals surface area contributed by atoms with Crippen LogP contribution < -0.4 is 5.32 Å². The largest absolute Gasteiger partial charge is 0.361 e. The SMILES string of the molecule is CSCc1noc(CNc2ncnc3c2CCN(C(=O)C2CC2)C3)n1. The normalized spacial score (nSPS) is 16.6. The molecule has 0 spiro atoms. The first-order valence-corrected chi connectivity index (χ1v) is 9.80. The topological polar surface area (TPSA) is 97.0 Å². The Morgan fingerprint density at radius 2 is 2.32 bits per heavy atom. The van der Waals surface area contributed by atoms with E-state index in [1.165, 1.54) is 0 Å². The highest BCUT2D eigenvalue weighted by Gasteiger charge is 2.35. The van der Waals surface area contributed by atoms with Crippen LogP contribution in [-0.2, 0) is 30.1 Å². The maximum Gasteiger partial charge on any atom is 0.246 e. The van der Waals surface area contributed by atoms with Crippen LogP contribution in [0.5, 0.6) is 0 Å². The molecule has 0 radical (unpaired) electrons. The Bertz CT molecular complexity index is 776. The molecule has 1 amide bonds. The molecule has 0 bridgehead atoms. The lowest BCUT2D eigenvalue weighted by atomic mass is 10.0. The van der Waals surface area contributed by atoms with Crippen molar-refractivity contribution >= 4 is 23.5 Å². The van der Waals surface area contributed by atoms with E-state index >= 15 is 0 Å². The average Bonchev–Trinajstić information content (AvgIpc) is 3.39. The zero-order chi connectivity index (χ0) is 17.2. The minimum atomic E-state index is 0.244. The Hall–Kier alpha value is -2.16. The van der Waals surface area contributed by atoms with Crippen LogP contribution >= 0.6 is 11.8 Å². The molecule has 0 unspecified atom stereocenters. The van der Waals surface area contributed by atoms with Crippen molar-refractivity contribution in [1.29, 1.82) is 0 Å². The minimum Gasteiger partial charge on any atom is -0.361 e. The number of thioether (sulfide) groups is 1. The molecule has 25 heavy (non-hydrogen) atoms. The van der Waals surface area contributed by atoms with E-state index in [4.69, 9.17) is 4.52 Å². The lowest BCUT2D eigenvalue weighted by molar-refractivity contribution is -0.133. The molecule has 8 nitrogen and oxygen atoms in total. The van der Waals surface area contributed by atoms with Gasteiger partial charge >= 0.3 is 0 Å². The van der Waals surface area contributed by atoms with Crippen LogP contribution in [0.25, 0.3) is 0 Å². The average molecular weight is 360 g/mol. The summed E-state index contributed by atoms with van der Waals surface area (Å²) in [4.78, 5) is 27.2. The van der Waals surface area contributed by atoms with Crippen molar-refractivity contribution in [1.82, 2.24) is 25.0 Å². The molecule has 0 aromatic carbocycles. The maximum atomic E-state index is 12.3. The maximum absolute atomic E-state index is 12.3. The second kappa shape index (κ2) is 6.99. The Kier molecular flexibility index (Phi) is 4.56. The highest BCUT2D eigenvalue weighted by atomic mass is 32.2. The van der Waals surface area contributed by atoms with Crippen LogP contribution in [0.3, 0.4) is 0 Å². The van der Waals surface area contributed by atoms with Gasteiger partial charge < -0.3 is 14.7 Å². The number of anilines is 1. The fourth-order valence-corrected chi connectivity index (χ4v) is 3.37. The first-order chi connectivity index (χ1) is 12.2. The van der Waals surface area contributed by atoms with Crippen molar-refractivity contribution in [2.75, 3.05) is 18.1 Å². The molecule has 1 saturated carbocycles. The summed E-state index contributed by atoms with van der Waals surface area (Å²) in [5, 5.41) is 7.20. The summed E-state index contributed by atoms with van der Waals surface area (Å²) in [7, 11) is 0. The van der Waals surface area contributed by atoms with Crippen molar-refractivity contribution < 1.29 is 9.32 Å². The lowest BCUT2D eigenvalue weighted by Crippen LogP contribution is -2.37. The number of carbonyl (C=O) groups is 1. The highest BCUT2D eigenvalue weighted by Crippen LogP contribution is 2.33. The quantitative estimate of drug-likeness (QED) is 0.830. The molecule has 2 aromatic rings. The number of hydrogen-bond acceptors (Lipinski definition) is 8. The van der Waals surface area contributed by atoms with Crippen LogP contribution in [0.15, 0.2) is 10.9 Å². The second-order valence-corrected chi connectivity index (χ2v) is 7.19. The van der Waals surface area contributed by atoms with Crippen LogP contribution in [0.4, 0.5) is 5.82 Å². The van der Waals surface area contributed by atoms with Crippen molar-refractivity contribution in [3.8, 4) is 0 Å². The lowest BCUT2D eigenvalue weighted by Gasteiger charge is -2.29. The van der Waals surface area contributed by atoms with Gasteiger partial charge in [0, 0.05) is 18.0 Å². The zero-order valence-corrected chi connectivity index (χ0v) is 14.9. The van der Waals surface area contributed by atoms with Gasteiger partial charge in [-0.05, 0) is 25.5 Å². The number of amides is 1. The molecule has 2 aliphatic rings. The van der Waals surface area contributed by atoms with Crippen molar-refractivity contribution in [2.45, 2.75) is 38.1 Å². The molecular formula is C16H20N6O2S. The molecule has 2 aromatic heterocycles. The summed E-state index contributed by atoms with van der Waals surface area (Å²) in [6, 6.07) is 0. The summed E-state index contributed by atoms with van der Waals surface area (Å²) in [6.07, 6.45) is 6.36. The summed E-state index contributed by atoms with van der Waals surface area (Å²) in [5.74, 6) is 3.27. The molecule has 0 atom stereocenters. The number of rotatable bonds is 6. The minimum absolute atomic E-state index is 0.244. The van der Waals surface area contributed by atoms with E-state index in [0.717, 1.165) is 48.6 Å². The van der Waals surface area contributed by atoms with Gasteiger partial charge in [-0.25, -0.2) is 9.97 Å².